The number of nitrogens with one attached hydrogen (secondary N) is 1. The van der Waals surface area contributed by atoms with E-state index in [2.05, 4.69) is 43.5 Å². The van der Waals surface area contributed by atoms with Crippen molar-refractivity contribution in [3.63, 3.8) is 0 Å². The number of carbonyl (C=O) groups is 1. The van der Waals surface area contributed by atoms with Crippen LogP contribution < -0.4 is 5.32 Å². The molecule has 3 unspecified atom stereocenters. The van der Waals surface area contributed by atoms with Crippen LogP contribution in [0.25, 0.3) is 0 Å². The topological polar surface area (TPSA) is 89.8 Å². The summed E-state index contributed by atoms with van der Waals surface area (Å²) in [5.41, 5.74) is 0. The minimum Gasteiger partial charge on any atom is -0.394 e. The number of aliphatic hydroxyl groups is 3. The van der Waals surface area contributed by atoms with Crippen molar-refractivity contribution < 1.29 is 20.1 Å². The van der Waals surface area contributed by atoms with Gasteiger partial charge in [0.1, 0.15) is 0 Å². The first-order valence-corrected chi connectivity index (χ1v) is 29.8. The minimum atomic E-state index is -0.952. The quantitative estimate of drug-likeness (QED) is 0.0361. The first-order chi connectivity index (χ1) is 32.5. The molecule has 0 saturated heterocycles. The average Bonchev–Trinajstić information content (AvgIpc) is 3.31. The van der Waals surface area contributed by atoms with E-state index >= 15 is 0 Å². The van der Waals surface area contributed by atoms with Gasteiger partial charge in [-0.2, -0.15) is 0 Å². The van der Waals surface area contributed by atoms with E-state index in [0.29, 0.717) is 6.42 Å². The van der Waals surface area contributed by atoms with Gasteiger partial charge in [-0.1, -0.05) is 294 Å². The van der Waals surface area contributed by atoms with E-state index in [-0.39, 0.29) is 18.9 Å². The molecule has 0 aromatic rings. The van der Waals surface area contributed by atoms with Crippen LogP contribution in [0.2, 0.25) is 0 Å². The van der Waals surface area contributed by atoms with Crippen molar-refractivity contribution in [3.8, 4) is 0 Å². The standard InChI is InChI=1S/C61H117NO4/c1-3-5-7-9-11-13-15-17-19-21-23-24-25-26-27-28-29-30-31-32-33-34-35-36-37-38-40-42-44-46-48-50-52-54-58(64)56-61(66)62-59(57-63)60(65)55-53-51-49-47-45-43-41-39-22-20-18-16-14-12-10-8-6-4-2/h28-29,45,47,53,55,58-60,63-65H,3-27,30-44,46,48-52,54,56-57H2,1-2H3,(H,62,66)/b29-28-,47-45+,55-53+. The summed E-state index contributed by atoms with van der Waals surface area (Å²) in [6.07, 6.45) is 73.6. The van der Waals surface area contributed by atoms with Crippen LogP contribution in [0, 0.1) is 0 Å². The van der Waals surface area contributed by atoms with Gasteiger partial charge in [-0.15, -0.1) is 0 Å². The van der Waals surface area contributed by atoms with E-state index in [4.69, 9.17) is 0 Å². The fourth-order valence-electron chi connectivity index (χ4n) is 9.35. The predicted molar refractivity (Wildman–Crippen MR) is 291 cm³/mol. The summed E-state index contributed by atoms with van der Waals surface area (Å²) in [7, 11) is 0. The van der Waals surface area contributed by atoms with Gasteiger partial charge in [-0.25, -0.2) is 0 Å². The van der Waals surface area contributed by atoms with Crippen LogP contribution in [0.5, 0.6) is 0 Å². The van der Waals surface area contributed by atoms with E-state index in [1.165, 1.54) is 263 Å². The number of hydrogen-bond acceptors (Lipinski definition) is 4. The second-order valence-corrected chi connectivity index (χ2v) is 20.6. The molecule has 0 aromatic heterocycles. The first-order valence-electron chi connectivity index (χ1n) is 29.8. The molecule has 0 radical (unpaired) electrons. The molecule has 0 bridgehead atoms. The zero-order valence-corrected chi connectivity index (χ0v) is 44.6. The van der Waals surface area contributed by atoms with Crippen LogP contribution in [0.3, 0.4) is 0 Å². The number of unbranched alkanes of at least 4 members (excludes halogenated alkanes) is 42. The van der Waals surface area contributed by atoms with Crippen LogP contribution >= 0.6 is 0 Å². The Balaban J connectivity index is 3.53. The van der Waals surface area contributed by atoms with Crippen molar-refractivity contribution in [2.24, 2.45) is 0 Å². The fraction of sp³-hybridized carbons (Fsp3) is 0.885. The molecule has 0 spiro atoms. The van der Waals surface area contributed by atoms with Crippen LogP contribution in [-0.2, 0) is 4.79 Å². The van der Waals surface area contributed by atoms with Crippen LogP contribution in [0.15, 0.2) is 36.5 Å². The Kier molecular flexibility index (Phi) is 54.9. The predicted octanol–water partition coefficient (Wildman–Crippen LogP) is 18.6. The van der Waals surface area contributed by atoms with E-state index in [1.807, 2.05) is 6.08 Å². The summed E-state index contributed by atoms with van der Waals surface area (Å²) < 4.78 is 0. The van der Waals surface area contributed by atoms with Gasteiger partial charge in [0, 0.05) is 0 Å². The molecule has 5 nitrogen and oxygen atoms in total. The Hall–Kier alpha value is -1.43. The zero-order chi connectivity index (χ0) is 47.9. The lowest BCUT2D eigenvalue weighted by molar-refractivity contribution is -0.124. The molecule has 5 heteroatoms. The summed E-state index contributed by atoms with van der Waals surface area (Å²) in [5.74, 6) is -0.321. The number of amides is 1. The summed E-state index contributed by atoms with van der Waals surface area (Å²) >= 11 is 0. The Labute approximate surface area is 413 Å². The van der Waals surface area contributed by atoms with Gasteiger partial charge in [0.15, 0.2) is 0 Å². The monoisotopic (exact) mass is 928 g/mol. The lowest BCUT2D eigenvalue weighted by atomic mass is 10.0. The molecule has 66 heavy (non-hydrogen) atoms. The maximum absolute atomic E-state index is 12.5. The Morgan fingerprint density at radius 1 is 0.379 bits per heavy atom. The summed E-state index contributed by atoms with van der Waals surface area (Å²) in [6, 6.07) is -0.761. The van der Waals surface area contributed by atoms with Crippen molar-refractivity contribution in [2.75, 3.05) is 6.61 Å². The fourth-order valence-corrected chi connectivity index (χ4v) is 9.35. The lowest BCUT2D eigenvalue weighted by Gasteiger charge is -2.21. The third kappa shape index (κ3) is 52.0. The highest BCUT2D eigenvalue weighted by Crippen LogP contribution is 2.17. The third-order valence-corrected chi connectivity index (χ3v) is 13.9. The first kappa shape index (κ1) is 64.6. The molecular formula is C61H117NO4. The maximum Gasteiger partial charge on any atom is 0.222 e. The summed E-state index contributed by atoms with van der Waals surface area (Å²) in [4.78, 5) is 12.5. The van der Waals surface area contributed by atoms with Crippen molar-refractivity contribution in [1.29, 1.82) is 0 Å². The van der Waals surface area contributed by atoms with E-state index in [9.17, 15) is 20.1 Å². The van der Waals surface area contributed by atoms with Crippen molar-refractivity contribution in [3.05, 3.63) is 36.5 Å². The smallest absolute Gasteiger partial charge is 0.222 e. The number of rotatable bonds is 55. The van der Waals surface area contributed by atoms with Gasteiger partial charge in [-0.05, 0) is 57.8 Å². The van der Waals surface area contributed by atoms with Crippen LogP contribution in [0.1, 0.15) is 322 Å². The Bertz CT molecular complexity index is 1020. The van der Waals surface area contributed by atoms with Crippen molar-refractivity contribution in [1.82, 2.24) is 5.32 Å². The minimum absolute atomic E-state index is 0.00809. The molecule has 0 saturated carbocycles. The van der Waals surface area contributed by atoms with Gasteiger partial charge in [0.05, 0.1) is 31.3 Å². The highest BCUT2D eigenvalue weighted by molar-refractivity contribution is 5.76. The molecule has 3 atom stereocenters. The van der Waals surface area contributed by atoms with Crippen molar-refractivity contribution >= 4 is 5.91 Å². The van der Waals surface area contributed by atoms with Crippen molar-refractivity contribution in [2.45, 2.75) is 340 Å². The normalized spacial score (nSPS) is 13.5. The maximum atomic E-state index is 12.5. The summed E-state index contributed by atoms with van der Waals surface area (Å²) in [5, 5.41) is 33.4. The van der Waals surface area contributed by atoms with Crippen LogP contribution in [0.4, 0.5) is 0 Å². The molecule has 390 valence electrons. The summed E-state index contributed by atoms with van der Waals surface area (Å²) in [6.45, 7) is 4.23. The largest absolute Gasteiger partial charge is 0.394 e. The van der Waals surface area contributed by atoms with Gasteiger partial charge >= 0.3 is 0 Å². The molecule has 0 rings (SSSR count). The van der Waals surface area contributed by atoms with Gasteiger partial charge < -0.3 is 20.6 Å². The SMILES string of the molecule is CCCCCCCCCCCCCC/C=C/CC/C=C/C(O)C(CO)NC(=O)CC(O)CCCCCCCCCCCCCCCCC/C=C\CCCCCCCCCCCCCCCC. The highest BCUT2D eigenvalue weighted by Gasteiger charge is 2.20. The zero-order valence-electron chi connectivity index (χ0n) is 44.6. The molecule has 1 amide bonds. The molecule has 0 heterocycles. The van der Waals surface area contributed by atoms with E-state index < -0.39 is 18.2 Å². The molecule has 0 aliphatic rings. The van der Waals surface area contributed by atoms with E-state index in [0.717, 1.165) is 32.1 Å². The molecule has 0 aliphatic carbocycles. The van der Waals surface area contributed by atoms with Gasteiger partial charge in [0.2, 0.25) is 5.91 Å². The van der Waals surface area contributed by atoms with Gasteiger partial charge in [0.25, 0.3) is 0 Å². The third-order valence-electron chi connectivity index (χ3n) is 13.9. The lowest BCUT2D eigenvalue weighted by Crippen LogP contribution is -2.45. The molecule has 0 aromatic carbocycles. The number of carbonyl (C=O) groups excluding carboxylic acids is 1. The second-order valence-electron chi connectivity index (χ2n) is 20.6. The number of aliphatic hydroxyl groups excluding tert-OH is 3. The number of allylic oxidation sites excluding steroid dienone is 5. The van der Waals surface area contributed by atoms with Gasteiger partial charge in [-0.3, -0.25) is 4.79 Å². The molecule has 0 aliphatic heterocycles. The molecule has 0 fully saturated rings. The Morgan fingerprint density at radius 3 is 0.970 bits per heavy atom. The number of hydrogen-bond donors (Lipinski definition) is 4. The van der Waals surface area contributed by atoms with E-state index in [1.54, 1.807) is 6.08 Å². The van der Waals surface area contributed by atoms with Crippen LogP contribution in [-0.4, -0.2) is 46.1 Å². The Morgan fingerprint density at radius 2 is 0.652 bits per heavy atom. The second kappa shape index (κ2) is 56.2. The molecular weight excluding hydrogens is 811 g/mol. The average molecular weight is 929 g/mol. The highest BCUT2D eigenvalue weighted by atomic mass is 16.3. The molecule has 4 N–H and O–H groups in total.